The SMILES string of the molecule is O=C(OO)C1=CC=CC2OC12[N+](=O)[O-]. The zero-order valence-corrected chi connectivity index (χ0v) is 6.75. The molecule has 1 N–H and O–H groups in total. The van der Waals surface area contributed by atoms with Crippen LogP contribution in [-0.4, -0.2) is 28.0 Å². The molecule has 7 nitrogen and oxygen atoms in total. The van der Waals surface area contributed by atoms with E-state index >= 15 is 0 Å². The fraction of sp³-hybridized carbons (Fsp3) is 0.286. The minimum absolute atomic E-state index is 0.308. The molecule has 7 heteroatoms. The van der Waals surface area contributed by atoms with Crippen molar-refractivity contribution in [1.82, 2.24) is 0 Å². The molecule has 1 aliphatic carbocycles. The highest BCUT2D eigenvalue weighted by molar-refractivity contribution is 5.91. The molecule has 0 spiro atoms. The summed E-state index contributed by atoms with van der Waals surface area (Å²) < 4.78 is 4.80. The Morgan fingerprint density at radius 3 is 3.07 bits per heavy atom. The number of ether oxygens (including phenoxy) is 1. The second-order valence-electron chi connectivity index (χ2n) is 2.84. The molecule has 1 saturated heterocycles. The summed E-state index contributed by atoms with van der Waals surface area (Å²) in [6.45, 7) is 0. The van der Waals surface area contributed by atoms with E-state index < -0.39 is 22.7 Å². The maximum atomic E-state index is 11.0. The van der Waals surface area contributed by atoms with Crippen LogP contribution in [0.3, 0.4) is 0 Å². The molecule has 0 radical (unpaired) electrons. The topological polar surface area (TPSA) is 102 Å². The smallest absolute Gasteiger partial charge is 0.295 e. The van der Waals surface area contributed by atoms with Gasteiger partial charge in [0.05, 0.1) is 4.92 Å². The highest BCUT2D eigenvalue weighted by Crippen LogP contribution is 2.46. The van der Waals surface area contributed by atoms with Crippen LogP contribution in [0.1, 0.15) is 0 Å². The first-order valence-corrected chi connectivity index (χ1v) is 3.70. The van der Waals surface area contributed by atoms with E-state index in [4.69, 9.17) is 9.99 Å². The Kier molecular flexibility index (Phi) is 1.66. The van der Waals surface area contributed by atoms with Crippen LogP contribution in [-0.2, 0) is 14.4 Å². The van der Waals surface area contributed by atoms with Crippen molar-refractivity contribution in [3.05, 3.63) is 33.9 Å². The Bertz CT molecular complexity index is 372. The summed E-state index contributed by atoms with van der Waals surface area (Å²) >= 11 is 0. The second kappa shape index (κ2) is 2.63. The third-order valence-electron chi connectivity index (χ3n) is 2.14. The van der Waals surface area contributed by atoms with Crippen LogP contribution in [0.15, 0.2) is 23.8 Å². The first-order valence-electron chi connectivity index (χ1n) is 3.70. The number of nitro groups is 1. The molecule has 0 aromatic heterocycles. The lowest BCUT2D eigenvalue weighted by Crippen LogP contribution is -2.34. The quantitative estimate of drug-likeness (QED) is 0.287. The van der Waals surface area contributed by atoms with E-state index in [-0.39, 0.29) is 5.57 Å². The summed E-state index contributed by atoms with van der Waals surface area (Å²) in [4.78, 5) is 24.3. The van der Waals surface area contributed by atoms with Crippen LogP contribution in [0.5, 0.6) is 0 Å². The molecule has 0 aromatic rings. The maximum absolute atomic E-state index is 11.0. The zero-order valence-electron chi connectivity index (χ0n) is 6.75. The van der Waals surface area contributed by atoms with Crippen LogP contribution < -0.4 is 0 Å². The van der Waals surface area contributed by atoms with E-state index in [1.807, 2.05) is 0 Å². The Hall–Kier alpha value is -1.73. The van der Waals surface area contributed by atoms with Gasteiger partial charge in [0.2, 0.25) is 0 Å². The van der Waals surface area contributed by atoms with Crippen molar-refractivity contribution in [2.24, 2.45) is 0 Å². The lowest BCUT2D eigenvalue weighted by atomic mass is 10.00. The number of carbonyl (C=O) groups is 1. The van der Waals surface area contributed by atoms with Gasteiger partial charge in [-0.25, -0.2) is 4.79 Å². The van der Waals surface area contributed by atoms with E-state index in [0.29, 0.717) is 0 Å². The number of rotatable bonds is 2. The second-order valence-corrected chi connectivity index (χ2v) is 2.84. The summed E-state index contributed by atoms with van der Waals surface area (Å²) in [6, 6.07) is 0. The van der Waals surface area contributed by atoms with Gasteiger partial charge in [0.15, 0.2) is 6.10 Å². The Morgan fingerprint density at radius 1 is 1.79 bits per heavy atom. The number of hydrogen-bond acceptors (Lipinski definition) is 6. The average molecular weight is 199 g/mol. The summed E-state index contributed by atoms with van der Waals surface area (Å²) in [7, 11) is 0. The molecule has 1 fully saturated rings. The van der Waals surface area contributed by atoms with Gasteiger partial charge in [0.1, 0.15) is 5.57 Å². The first-order chi connectivity index (χ1) is 6.63. The van der Waals surface area contributed by atoms with E-state index in [0.717, 1.165) is 0 Å². The molecular weight excluding hydrogens is 194 g/mol. The predicted octanol–water partition coefficient (Wildman–Crippen LogP) is -0.129. The fourth-order valence-electron chi connectivity index (χ4n) is 1.43. The molecule has 74 valence electrons. The van der Waals surface area contributed by atoms with Crippen LogP contribution in [0.4, 0.5) is 0 Å². The van der Waals surface area contributed by atoms with Crippen molar-refractivity contribution in [2.75, 3.05) is 0 Å². The van der Waals surface area contributed by atoms with E-state index in [1.165, 1.54) is 18.2 Å². The molecule has 0 aromatic carbocycles. The van der Waals surface area contributed by atoms with Gasteiger partial charge in [-0.2, -0.15) is 5.26 Å². The third-order valence-corrected chi connectivity index (χ3v) is 2.14. The maximum Gasteiger partial charge on any atom is 0.389 e. The van der Waals surface area contributed by atoms with Gasteiger partial charge >= 0.3 is 11.7 Å². The number of fused-ring (bicyclic) bond motifs is 1. The standard InChI is InChI=1S/C7H5NO6/c9-6(14-12)4-2-1-3-5-7(4,13-5)8(10)11/h1-3,5,12H. The van der Waals surface area contributed by atoms with Crippen molar-refractivity contribution in [3.63, 3.8) is 0 Å². The van der Waals surface area contributed by atoms with Crippen molar-refractivity contribution in [3.8, 4) is 0 Å². The van der Waals surface area contributed by atoms with Gasteiger partial charge in [-0.3, -0.25) is 19.7 Å². The number of carbonyl (C=O) groups excluding carboxylic acids is 1. The van der Waals surface area contributed by atoms with Gasteiger partial charge in [0.25, 0.3) is 0 Å². The minimum atomic E-state index is -1.85. The number of hydrogen-bond donors (Lipinski definition) is 1. The van der Waals surface area contributed by atoms with Crippen molar-refractivity contribution in [2.45, 2.75) is 11.8 Å². The van der Waals surface area contributed by atoms with Crippen molar-refractivity contribution < 1.29 is 24.6 Å². The van der Waals surface area contributed by atoms with Crippen LogP contribution in [0.2, 0.25) is 0 Å². The number of nitrogens with zero attached hydrogens (tertiary/aromatic N) is 1. The molecule has 0 saturated carbocycles. The Labute approximate surface area is 77.3 Å². The highest BCUT2D eigenvalue weighted by Gasteiger charge is 2.73. The predicted molar refractivity (Wildman–Crippen MR) is 40.5 cm³/mol. The Balaban J connectivity index is 2.38. The molecule has 1 heterocycles. The van der Waals surface area contributed by atoms with Crippen LogP contribution >= 0.6 is 0 Å². The number of epoxide rings is 1. The molecule has 0 amide bonds. The minimum Gasteiger partial charge on any atom is -0.295 e. The molecule has 2 rings (SSSR count). The van der Waals surface area contributed by atoms with Crippen molar-refractivity contribution >= 4 is 5.97 Å². The third kappa shape index (κ3) is 0.903. The first kappa shape index (κ1) is 8.85. The lowest BCUT2D eigenvalue weighted by Gasteiger charge is -2.07. The summed E-state index contributed by atoms with van der Waals surface area (Å²) in [5, 5.41) is 18.8. The molecule has 2 unspecified atom stereocenters. The van der Waals surface area contributed by atoms with E-state index in [2.05, 4.69) is 4.89 Å². The largest absolute Gasteiger partial charge is 0.389 e. The van der Waals surface area contributed by atoms with Crippen LogP contribution in [0, 0.1) is 10.1 Å². The zero-order chi connectivity index (χ0) is 10.3. The molecule has 2 atom stereocenters. The summed E-state index contributed by atoms with van der Waals surface area (Å²) in [5.41, 5.74) is -2.16. The van der Waals surface area contributed by atoms with Crippen molar-refractivity contribution in [1.29, 1.82) is 0 Å². The van der Waals surface area contributed by atoms with Gasteiger partial charge in [-0.15, -0.1) is 0 Å². The van der Waals surface area contributed by atoms with Gasteiger partial charge in [0, 0.05) is 0 Å². The lowest BCUT2D eigenvalue weighted by molar-refractivity contribution is -0.550. The molecule has 14 heavy (non-hydrogen) atoms. The van der Waals surface area contributed by atoms with Gasteiger partial charge in [-0.05, 0) is 12.2 Å². The monoisotopic (exact) mass is 199 g/mol. The molecule has 2 aliphatic rings. The van der Waals surface area contributed by atoms with Gasteiger partial charge in [-0.1, -0.05) is 6.08 Å². The van der Waals surface area contributed by atoms with Gasteiger partial charge < -0.3 is 0 Å². The Morgan fingerprint density at radius 2 is 2.50 bits per heavy atom. The van der Waals surface area contributed by atoms with E-state index in [9.17, 15) is 14.9 Å². The molecular formula is C7H5NO6. The summed E-state index contributed by atoms with van der Waals surface area (Å²) in [5.74, 6) is -1.17. The fourth-order valence-corrected chi connectivity index (χ4v) is 1.43. The number of allylic oxidation sites excluding steroid dienone is 2. The molecule has 1 aliphatic heterocycles. The average Bonchev–Trinajstić information content (AvgIpc) is 2.91. The highest BCUT2D eigenvalue weighted by atomic mass is 17.1. The molecule has 0 bridgehead atoms. The summed E-state index contributed by atoms with van der Waals surface area (Å²) in [6.07, 6.45) is 3.32. The van der Waals surface area contributed by atoms with E-state index in [1.54, 1.807) is 0 Å². The van der Waals surface area contributed by atoms with Crippen LogP contribution in [0.25, 0.3) is 0 Å². The normalized spacial score (nSPS) is 32.9.